The number of aromatic nitrogens is 1. The van der Waals surface area contributed by atoms with Crippen molar-refractivity contribution in [2.24, 2.45) is 0 Å². The van der Waals surface area contributed by atoms with Gasteiger partial charge in [0.05, 0.1) is 0 Å². The largest absolute Gasteiger partial charge is 0.349 e. The number of ketones is 1. The lowest BCUT2D eigenvalue weighted by atomic mass is 9.93. The quantitative estimate of drug-likeness (QED) is 0.880. The van der Waals surface area contributed by atoms with Crippen LogP contribution in [0.15, 0.2) is 10.9 Å². The summed E-state index contributed by atoms with van der Waals surface area (Å²) in [5.41, 5.74) is 0.759. The van der Waals surface area contributed by atoms with E-state index in [-0.39, 0.29) is 17.4 Å². The molecule has 0 saturated carbocycles. The Morgan fingerprint density at radius 3 is 2.85 bits per heavy atom. The first-order valence-electron chi connectivity index (χ1n) is 7.13. The maximum absolute atomic E-state index is 12.1. The molecule has 0 aromatic carbocycles. The molecule has 2 rings (SSSR count). The van der Waals surface area contributed by atoms with Crippen LogP contribution in [0.5, 0.6) is 0 Å². The zero-order chi connectivity index (χ0) is 14.7. The maximum Gasteiger partial charge on any atom is 0.261 e. The SMILES string of the molecule is CCC[C@H](C)NC(=O)c1cc2c([nH]c1=O)CCCC2=O. The first-order chi connectivity index (χ1) is 9.52. The van der Waals surface area contributed by atoms with Gasteiger partial charge in [0, 0.05) is 23.7 Å². The van der Waals surface area contributed by atoms with Crippen molar-refractivity contribution in [2.45, 2.75) is 52.0 Å². The molecule has 0 fully saturated rings. The Bertz CT molecular complexity index is 589. The molecule has 1 aromatic rings. The van der Waals surface area contributed by atoms with Crippen molar-refractivity contribution < 1.29 is 9.59 Å². The highest BCUT2D eigenvalue weighted by atomic mass is 16.2. The van der Waals surface area contributed by atoms with Crippen LogP contribution in [-0.4, -0.2) is 22.7 Å². The highest BCUT2D eigenvalue weighted by molar-refractivity contribution is 6.01. The number of carbonyl (C=O) groups excluding carboxylic acids is 2. The van der Waals surface area contributed by atoms with Gasteiger partial charge in [-0.3, -0.25) is 14.4 Å². The van der Waals surface area contributed by atoms with Crippen LogP contribution in [-0.2, 0) is 6.42 Å². The average molecular weight is 276 g/mol. The lowest BCUT2D eigenvalue weighted by molar-refractivity contribution is 0.0936. The number of aryl methyl sites for hydroxylation is 1. The van der Waals surface area contributed by atoms with Crippen molar-refractivity contribution >= 4 is 11.7 Å². The molecule has 20 heavy (non-hydrogen) atoms. The van der Waals surface area contributed by atoms with Crippen LogP contribution in [0.3, 0.4) is 0 Å². The summed E-state index contributed by atoms with van der Waals surface area (Å²) >= 11 is 0. The summed E-state index contributed by atoms with van der Waals surface area (Å²) in [5.74, 6) is -0.411. The molecule has 5 nitrogen and oxygen atoms in total. The van der Waals surface area contributed by atoms with E-state index in [4.69, 9.17) is 0 Å². The number of Topliss-reactive ketones (excluding diaryl/α,β-unsaturated/α-hetero) is 1. The number of amides is 1. The Labute approximate surface area is 117 Å². The van der Waals surface area contributed by atoms with E-state index in [0.29, 0.717) is 24.1 Å². The molecule has 1 aromatic heterocycles. The van der Waals surface area contributed by atoms with Crippen LogP contribution in [0.2, 0.25) is 0 Å². The summed E-state index contributed by atoms with van der Waals surface area (Å²) in [4.78, 5) is 38.6. The van der Waals surface area contributed by atoms with Crippen molar-refractivity contribution in [3.05, 3.63) is 33.2 Å². The number of hydrogen-bond acceptors (Lipinski definition) is 3. The van der Waals surface area contributed by atoms with E-state index in [1.54, 1.807) is 0 Å². The van der Waals surface area contributed by atoms with Crippen molar-refractivity contribution in [3.63, 3.8) is 0 Å². The summed E-state index contributed by atoms with van der Waals surface area (Å²) in [6, 6.07) is 1.46. The van der Waals surface area contributed by atoms with E-state index in [1.165, 1.54) is 6.07 Å². The fraction of sp³-hybridized carbons (Fsp3) is 0.533. The predicted octanol–water partition coefficient (Wildman–Crippen LogP) is 1.81. The molecule has 0 unspecified atom stereocenters. The molecular weight excluding hydrogens is 256 g/mol. The van der Waals surface area contributed by atoms with Crippen molar-refractivity contribution in [1.82, 2.24) is 10.3 Å². The Morgan fingerprint density at radius 2 is 2.15 bits per heavy atom. The van der Waals surface area contributed by atoms with Crippen LogP contribution in [0.1, 0.15) is 65.9 Å². The molecule has 1 aliphatic carbocycles. The molecule has 5 heteroatoms. The zero-order valence-corrected chi connectivity index (χ0v) is 11.9. The molecule has 0 saturated heterocycles. The van der Waals surface area contributed by atoms with Crippen molar-refractivity contribution in [1.29, 1.82) is 0 Å². The second kappa shape index (κ2) is 6.03. The number of H-pyrrole nitrogens is 1. The average Bonchev–Trinajstić information content (AvgIpc) is 2.38. The second-order valence-electron chi connectivity index (χ2n) is 5.34. The third kappa shape index (κ3) is 2.98. The van der Waals surface area contributed by atoms with E-state index in [9.17, 15) is 14.4 Å². The van der Waals surface area contributed by atoms with Gasteiger partial charge < -0.3 is 10.3 Å². The Morgan fingerprint density at radius 1 is 1.40 bits per heavy atom. The minimum atomic E-state index is -0.417. The van der Waals surface area contributed by atoms with E-state index < -0.39 is 11.5 Å². The topological polar surface area (TPSA) is 79.0 Å². The highest BCUT2D eigenvalue weighted by Gasteiger charge is 2.22. The molecular formula is C15H20N2O3. The number of carbonyl (C=O) groups is 2. The summed E-state index contributed by atoms with van der Waals surface area (Å²) < 4.78 is 0. The van der Waals surface area contributed by atoms with E-state index >= 15 is 0 Å². The summed E-state index contributed by atoms with van der Waals surface area (Å²) in [6.45, 7) is 3.94. The van der Waals surface area contributed by atoms with Gasteiger partial charge in [-0.05, 0) is 32.3 Å². The van der Waals surface area contributed by atoms with Crippen LogP contribution in [0, 0.1) is 0 Å². The van der Waals surface area contributed by atoms with Crippen molar-refractivity contribution in [2.75, 3.05) is 0 Å². The fourth-order valence-corrected chi connectivity index (χ4v) is 2.55. The molecule has 1 atom stereocenters. The number of aromatic amines is 1. The molecule has 2 N–H and O–H groups in total. The Kier molecular flexibility index (Phi) is 4.37. The first kappa shape index (κ1) is 14.5. The molecule has 0 aliphatic heterocycles. The number of pyridine rings is 1. The summed E-state index contributed by atoms with van der Waals surface area (Å²) in [6.07, 6.45) is 3.73. The van der Waals surface area contributed by atoms with Crippen molar-refractivity contribution in [3.8, 4) is 0 Å². The van der Waals surface area contributed by atoms with E-state index in [0.717, 1.165) is 19.3 Å². The van der Waals surface area contributed by atoms with Gasteiger partial charge in [-0.15, -0.1) is 0 Å². The minimum Gasteiger partial charge on any atom is -0.349 e. The molecule has 1 aliphatic rings. The molecule has 0 spiro atoms. The smallest absolute Gasteiger partial charge is 0.261 e. The highest BCUT2D eigenvalue weighted by Crippen LogP contribution is 2.18. The van der Waals surface area contributed by atoms with Crippen LogP contribution in [0.4, 0.5) is 0 Å². The standard InChI is InChI=1S/C15H20N2O3/c1-3-5-9(2)16-14(19)11-8-10-12(17-15(11)20)6-4-7-13(10)18/h8-9H,3-7H2,1-2H3,(H,16,19)(H,17,20)/t9-/m0/s1. The Hall–Kier alpha value is -1.91. The van der Waals surface area contributed by atoms with Gasteiger partial charge >= 0.3 is 0 Å². The van der Waals surface area contributed by atoms with E-state index in [2.05, 4.69) is 10.3 Å². The van der Waals surface area contributed by atoms with Crippen LogP contribution < -0.4 is 10.9 Å². The molecule has 1 amide bonds. The Balaban J connectivity index is 2.28. The fourth-order valence-electron chi connectivity index (χ4n) is 2.55. The third-order valence-electron chi connectivity index (χ3n) is 3.60. The summed E-state index contributed by atoms with van der Waals surface area (Å²) in [5, 5.41) is 2.79. The van der Waals surface area contributed by atoms with Gasteiger partial charge in [0.2, 0.25) is 0 Å². The number of rotatable bonds is 4. The van der Waals surface area contributed by atoms with Gasteiger partial charge in [-0.2, -0.15) is 0 Å². The van der Waals surface area contributed by atoms with Crippen LogP contribution >= 0.6 is 0 Å². The van der Waals surface area contributed by atoms with Gasteiger partial charge in [0.1, 0.15) is 5.56 Å². The second-order valence-corrected chi connectivity index (χ2v) is 5.34. The normalized spacial score (nSPS) is 15.6. The molecule has 108 valence electrons. The molecule has 0 radical (unpaired) electrons. The first-order valence-corrected chi connectivity index (χ1v) is 7.13. The number of fused-ring (bicyclic) bond motifs is 1. The molecule has 0 bridgehead atoms. The predicted molar refractivity (Wildman–Crippen MR) is 76.2 cm³/mol. The lowest BCUT2D eigenvalue weighted by Gasteiger charge is -2.16. The van der Waals surface area contributed by atoms with Gasteiger partial charge in [-0.1, -0.05) is 13.3 Å². The maximum atomic E-state index is 12.1. The van der Waals surface area contributed by atoms with Gasteiger partial charge in [0.25, 0.3) is 11.5 Å². The number of hydrogen-bond donors (Lipinski definition) is 2. The third-order valence-corrected chi connectivity index (χ3v) is 3.60. The number of nitrogens with one attached hydrogen (secondary N) is 2. The monoisotopic (exact) mass is 276 g/mol. The summed E-state index contributed by atoms with van der Waals surface area (Å²) in [7, 11) is 0. The van der Waals surface area contributed by atoms with E-state index in [1.807, 2.05) is 13.8 Å². The lowest BCUT2D eigenvalue weighted by Crippen LogP contribution is -2.36. The van der Waals surface area contributed by atoms with Crippen LogP contribution in [0.25, 0.3) is 0 Å². The van der Waals surface area contributed by atoms with Gasteiger partial charge in [0.15, 0.2) is 5.78 Å². The minimum absolute atomic E-state index is 0.00171. The van der Waals surface area contributed by atoms with Gasteiger partial charge in [-0.25, -0.2) is 0 Å². The molecule has 1 heterocycles. The zero-order valence-electron chi connectivity index (χ0n) is 11.9.